The fourth-order valence-electron chi connectivity index (χ4n) is 3.78. The maximum atomic E-state index is 13.0. The van der Waals surface area contributed by atoms with Crippen molar-refractivity contribution in [1.82, 2.24) is 14.9 Å². The zero-order valence-corrected chi connectivity index (χ0v) is 21.7. The van der Waals surface area contributed by atoms with E-state index in [9.17, 15) is 27.2 Å². The van der Waals surface area contributed by atoms with E-state index in [1.807, 2.05) is 0 Å². The smallest absolute Gasteiger partial charge is 0.255 e. The molecule has 1 aliphatic rings. The molecule has 0 bridgehead atoms. The summed E-state index contributed by atoms with van der Waals surface area (Å²) in [7, 11) is -3.64. The first-order chi connectivity index (χ1) is 18.7. The predicted molar refractivity (Wildman–Crippen MR) is 141 cm³/mol. The third-order valence-corrected chi connectivity index (χ3v) is 7.84. The number of hydrogen-bond donors (Lipinski definition) is 3. The molecule has 3 aromatic rings. The molecule has 4 rings (SSSR count). The molecule has 3 aromatic carbocycles. The Bertz CT molecular complexity index is 1420. The number of halogens is 1. The molecule has 1 heterocycles. The van der Waals surface area contributed by atoms with Crippen LogP contribution in [0.5, 0.6) is 0 Å². The van der Waals surface area contributed by atoms with Gasteiger partial charge in [0.15, 0.2) is 0 Å². The van der Waals surface area contributed by atoms with E-state index in [0.29, 0.717) is 35.6 Å². The fourth-order valence-corrected chi connectivity index (χ4v) is 5.19. The van der Waals surface area contributed by atoms with Crippen LogP contribution in [0.4, 0.5) is 10.1 Å². The van der Waals surface area contributed by atoms with Gasteiger partial charge in [-0.05, 0) is 72.8 Å². The second-order valence-corrected chi connectivity index (χ2v) is 10.5. The van der Waals surface area contributed by atoms with E-state index in [-0.39, 0.29) is 37.0 Å². The number of nitrogens with zero attached hydrogens (tertiary/aromatic N) is 1. The molecule has 1 fully saturated rings. The maximum absolute atomic E-state index is 13.0. The first-order valence-corrected chi connectivity index (χ1v) is 13.6. The van der Waals surface area contributed by atoms with Gasteiger partial charge >= 0.3 is 0 Å². The van der Waals surface area contributed by atoms with Crippen molar-refractivity contribution in [2.45, 2.75) is 4.90 Å². The first-order valence-electron chi connectivity index (χ1n) is 12.2. The largest absolute Gasteiger partial charge is 0.379 e. The van der Waals surface area contributed by atoms with Crippen LogP contribution in [0.25, 0.3) is 0 Å². The summed E-state index contributed by atoms with van der Waals surface area (Å²) in [6.45, 7) is 1.58. The van der Waals surface area contributed by atoms with E-state index >= 15 is 0 Å². The fraction of sp³-hybridized carbons (Fsp3) is 0.222. The molecule has 3 N–H and O–H groups in total. The van der Waals surface area contributed by atoms with Gasteiger partial charge in [0.25, 0.3) is 17.7 Å². The molecule has 0 aromatic heterocycles. The zero-order chi connectivity index (χ0) is 27.8. The highest BCUT2D eigenvalue weighted by Gasteiger charge is 2.26. The number of carbonyl (C=O) groups excluding carboxylic acids is 3. The lowest BCUT2D eigenvalue weighted by Gasteiger charge is -2.26. The predicted octanol–water partition coefficient (Wildman–Crippen LogP) is 2.26. The Hall–Kier alpha value is -4.13. The Morgan fingerprint density at radius 2 is 1.18 bits per heavy atom. The Morgan fingerprint density at radius 3 is 1.72 bits per heavy atom. The van der Waals surface area contributed by atoms with Gasteiger partial charge in [-0.25, -0.2) is 12.8 Å². The molecule has 1 saturated heterocycles. The summed E-state index contributed by atoms with van der Waals surface area (Å²) in [5.74, 6) is -1.61. The topological polar surface area (TPSA) is 134 Å². The summed E-state index contributed by atoms with van der Waals surface area (Å²) < 4.78 is 45.0. The molecule has 0 atom stereocenters. The van der Waals surface area contributed by atoms with Crippen molar-refractivity contribution in [3.8, 4) is 0 Å². The number of anilines is 1. The minimum Gasteiger partial charge on any atom is -0.379 e. The molecular weight excluding hydrogens is 527 g/mol. The summed E-state index contributed by atoms with van der Waals surface area (Å²) in [4.78, 5) is 37.1. The van der Waals surface area contributed by atoms with Crippen LogP contribution >= 0.6 is 0 Å². The normalized spacial score (nSPS) is 13.9. The third kappa shape index (κ3) is 7.25. The quantitative estimate of drug-likeness (QED) is 0.348. The van der Waals surface area contributed by atoms with Crippen LogP contribution in [0, 0.1) is 5.82 Å². The Balaban J connectivity index is 1.21. The molecule has 0 spiro atoms. The minimum atomic E-state index is -3.64. The van der Waals surface area contributed by atoms with Crippen molar-refractivity contribution in [3.05, 3.63) is 95.3 Å². The zero-order valence-electron chi connectivity index (χ0n) is 20.9. The van der Waals surface area contributed by atoms with Crippen LogP contribution in [-0.2, 0) is 14.8 Å². The van der Waals surface area contributed by atoms with Gasteiger partial charge in [-0.1, -0.05) is 0 Å². The van der Waals surface area contributed by atoms with Crippen LogP contribution < -0.4 is 16.0 Å². The van der Waals surface area contributed by atoms with Crippen molar-refractivity contribution in [3.63, 3.8) is 0 Å². The molecule has 0 unspecified atom stereocenters. The van der Waals surface area contributed by atoms with E-state index in [4.69, 9.17) is 4.74 Å². The summed E-state index contributed by atoms with van der Waals surface area (Å²) in [5, 5.41) is 8.04. The number of amides is 3. The maximum Gasteiger partial charge on any atom is 0.255 e. The summed E-state index contributed by atoms with van der Waals surface area (Å²) in [6, 6.07) is 17.0. The average molecular weight is 555 g/mol. The van der Waals surface area contributed by atoms with E-state index in [1.54, 1.807) is 24.3 Å². The molecule has 39 heavy (non-hydrogen) atoms. The monoisotopic (exact) mass is 554 g/mol. The molecule has 1 aliphatic heterocycles. The molecule has 3 amide bonds. The van der Waals surface area contributed by atoms with Crippen molar-refractivity contribution in [2.75, 3.05) is 44.7 Å². The summed E-state index contributed by atoms with van der Waals surface area (Å²) >= 11 is 0. The number of benzene rings is 3. The molecule has 12 heteroatoms. The van der Waals surface area contributed by atoms with E-state index < -0.39 is 27.7 Å². The van der Waals surface area contributed by atoms with Crippen LogP contribution in [0.3, 0.4) is 0 Å². The summed E-state index contributed by atoms with van der Waals surface area (Å²) in [6.07, 6.45) is 0. The van der Waals surface area contributed by atoms with Gasteiger partial charge in [0.2, 0.25) is 10.0 Å². The second kappa shape index (κ2) is 12.6. The number of hydrogen-bond acceptors (Lipinski definition) is 6. The Labute approximate surface area is 225 Å². The van der Waals surface area contributed by atoms with Gasteiger partial charge in [-0.2, -0.15) is 4.31 Å². The van der Waals surface area contributed by atoms with E-state index in [1.165, 1.54) is 52.8 Å². The van der Waals surface area contributed by atoms with Crippen LogP contribution in [-0.4, -0.2) is 69.8 Å². The van der Waals surface area contributed by atoms with Gasteiger partial charge in [-0.15, -0.1) is 0 Å². The van der Waals surface area contributed by atoms with Gasteiger partial charge in [0.1, 0.15) is 5.82 Å². The second-order valence-electron chi connectivity index (χ2n) is 8.59. The molecule has 0 aliphatic carbocycles. The van der Waals surface area contributed by atoms with Crippen molar-refractivity contribution in [1.29, 1.82) is 0 Å². The minimum absolute atomic E-state index is 0.106. The van der Waals surface area contributed by atoms with Gasteiger partial charge < -0.3 is 20.7 Å². The average Bonchev–Trinajstić information content (AvgIpc) is 2.96. The highest BCUT2D eigenvalue weighted by atomic mass is 32.2. The highest BCUT2D eigenvalue weighted by Crippen LogP contribution is 2.18. The first kappa shape index (κ1) is 27.9. The molecular formula is C27H27FN4O6S. The van der Waals surface area contributed by atoms with Gasteiger partial charge in [0.05, 0.1) is 18.1 Å². The van der Waals surface area contributed by atoms with E-state index in [0.717, 1.165) is 0 Å². The van der Waals surface area contributed by atoms with Crippen LogP contribution in [0.1, 0.15) is 31.1 Å². The number of ether oxygens (including phenoxy) is 1. The SMILES string of the molecule is O=C(NCCNC(=O)c1ccc(S(=O)(=O)N2CCOCC2)cc1)c1ccc(NC(=O)c2ccc(F)cc2)cc1. The van der Waals surface area contributed by atoms with Crippen LogP contribution in [0.15, 0.2) is 77.7 Å². The van der Waals surface area contributed by atoms with E-state index in [2.05, 4.69) is 16.0 Å². The summed E-state index contributed by atoms with van der Waals surface area (Å²) in [5.41, 5.74) is 1.42. The Kier molecular flexibility index (Phi) is 9.02. The highest BCUT2D eigenvalue weighted by molar-refractivity contribution is 7.89. The van der Waals surface area contributed by atoms with Crippen LogP contribution in [0.2, 0.25) is 0 Å². The van der Waals surface area contributed by atoms with Gasteiger partial charge in [-0.3, -0.25) is 14.4 Å². The standard InChI is InChI=1S/C27H27FN4O6S/c28-22-7-1-21(2-8-22)27(35)31-23-9-3-19(4-10-23)25(33)29-13-14-30-26(34)20-5-11-24(12-6-20)39(36,37)32-15-17-38-18-16-32/h1-12H,13-18H2,(H,29,33)(H,30,34)(H,31,35). The number of sulfonamides is 1. The number of rotatable bonds is 9. The molecule has 10 nitrogen and oxygen atoms in total. The molecule has 0 saturated carbocycles. The Morgan fingerprint density at radius 1 is 0.718 bits per heavy atom. The lowest BCUT2D eigenvalue weighted by Crippen LogP contribution is -2.40. The molecule has 0 radical (unpaired) electrons. The van der Waals surface area contributed by atoms with Crippen molar-refractivity contribution < 1.29 is 31.9 Å². The van der Waals surface area contributed by atoms with Gasteiger partial charge in [0, 0.05) is 48.6 Å². The lowest BCUT2D eigenvalue weighted by atomic mass is 10.1. The number of carbonyl (C=O) groups is 3. The third-order valence-electron chi connectivity index (χ3n) is 5.93. The van der Waals surface area contributed by atoms with Crippen molar-refractivity contribution >= 4 is 33.4 Å². The molecule has 204 valence electrons. The van der Waals surface area contributed by atoms with Crippen molar-refractivity contribution in [2.24, 2.45) is 0 Å². The lowest BCUT2D eigenvalue weighted by molar-refractivity contribution is 0.0730. The number of morpholine rings is 1. The number of nitrogens with one attached hydrogen (secondary N) is 3.